The average molecular weight is 170 g/mol. The number of nitrogens with one attached hydrogen (secondary N) is 1. The van der Waals surface area contributed by atoms with Crippen LogP contribution in [-0.2, 0) is 4.74 Å². The Bertz CT molecular complexity index is 128. The lowest BCUT2D eigenvalue weighted by Crippen LogP contribution is -2.39. The van der Waals surface area contributed by atoms with Gasteiger partial charge in [-0.05, 0) is 25.4 Å². The Hall–Kier alpha value is -0.120. The molecule has 0 aromatic carbocycles. The van der Waals surface area contributed by atoms with Crippen LogP contribution in [0.1, 0.15) is 6.42 Å². The maximum Gasteiger partial charge on any atom is 0.0594 e. The van der Waals surface area contributed by atoms with Crippen LogP contribution in [0.3, 0.4) is 0 Å². The first-order chi connectivity index (χ1) is 5.95. The highest BCUT2D eigenvalue weighted by Gasteiger charge is 2.19. The summed E-state index contributed by atoms with van der Waals surface area (Å²) >= 11 is 0. The Labute approximate surface area is 74.1 Å². The zero-order chi connectivity index (χ0) is 8.23. The highest BCUT2D eigenvalue weighted by molar-refractivity contribution is 4.75. The van der Waals surface area contributed by atoms with E-state index in [9.17, 15) is 0 Å². The minimum Gasteiger partial charge on any atom is -0.379 e. The lowest BCUT2D eigenvalue weighted by Gasteiger charge is -2.28. The van der Waals surface area contributed by atoms with Crippen molar-refractivity contribution in [2.45, 2.75) is 6.42 Å². The Balaban J connectivity index is 1.69. The topological polar surface area (TPSA) is 24.5 Å². The summed E-state index contributed by atoms with van der Waals surface area (Å²) in [6, 6.07) is 0. The third-order valence-corrected chi connectivity index (χ3v) is 2.78. The molecule has 0 bridgehead atoms. The van der Waals surface area contributed by atoms with Crippen molar-refractivity contribution in [3.05, 3.63) is 0 Å². The van der Waals surface area contributed by atoms with Crippen molar-refractivity contribution in [3.63, 3.8) is 0 Å². The van der Waals surface area contributed by atoms with E-state index in [0.717, 1.165) is 32.2 Å². The van der Waals surface area contributed by atoms with Gasteiger partial charge in [0.15, 0.2) is 0 Å². The van der Waals surface area contributed by atoms with E-state index in [1.807, 2.05) is 0 Å². The molecule has 2 rings (SSSR count). The molecule has 1 N–H and O–H groups in total. The van der Waals surface area contributed by atoms with Crippen molar-refractivity contribution in [2.75, 3.05) is 45.9 Å². The van der Waals surface area contributed by atoms with Crippen LogP contribution in [-0.4, -0.2) is 50.8 Å². The van der Waals surface area contributed by atoms with Gasteiger partial charge in [0.2, 0.25) is 0 Å². The van der Waals surface area contributed by atoms with E-state index in [0.29, 0.717) is 0 Å². The van der Waals surface area contributed by atoms with E-state index < -0.39 is 0 Å². The van der Waals surface area contributed by atoms with E-state index in [-0.39, 0.29) is 0 Å². The van der Waals surface area contributed by atoms with Crippen LogP contribution in [0.5, 0.6) is 0 Å². The Kier molecular flexibility index (Phi) is 2.98. The number of rotatable bonds is 2. The normalized spacial score (nSPS) is 32.5. The second-order valence-electron chi connectivity index (χ2n) is 3.77. The summed E-state index contributed by atoms with van der Waals surface area (Å²) in [6.45, 7) is 7.84. The van der Waals surface area contributed by atoms with Gasteiger partial charge in [-0.1, -0.05) is 0 Å². The van der Waals surface area contributed by atoms with Gasteiger partial charge >= 0.3 is 0 Å². The van der Waals surface area contributed by atoms with Gasteiger partial charge in [0.1, 0.15) is 0 Å². The van der Waals surface area contributed by atoms with Gasteiger partial charge < -0.3 is 10.1 Å². The molecule has 0 radical (unpaired) electrons. The minimum atomic E-state index is 0.892. The lowest BCUT2D eigenvalue weighted by molar-refractivity contribution is 0.0319. The van der Waals surface area contributed by atoms with Crippen LogP contribution in [0, 0.1) is 5.92 Å². The Morgan fingerprint density at radius 3 is 2.83 bits per heavy atom. The van der Waals surface area contributed by atoms with Crippen LogP contribution in [0.15, 0.2) is 0 Å². The molecule has 0 spiro atoms. The fourth-order valence-corrected chi connectivity index (χ4v) is 2.02. The zero-order valence-electron chi connectivity index (χ0n) is 7.59. The van der Waals surface area contributed by atoms with Crippen molar-refractivity contribution < 1.29 is 4.74 Å². The second-order valence-corrected chi connectivity index (χ2v) is 3.77. The summed E-state index contributed by atoms with van der Waals surface area (Å²) in [5.74, 6) is 0.892. The molecule has 0 aromatic heterocycles. The molecule has 2 heterocycles. The van der Waals surface area contributed by atoms with E-state index in [1.165, 1.54) is 26.1 Å². The largest absolute Gasteiger partial charge is 0.379 e. The molecule has 2 saturated heterocycles. The first-order valence-corrected chi connectivity index (χ1v) is 4.96. The van der Waals surface area contributed by atoms with E-state index in [1.54, 1.807) is 0 Å². The van der Waals surface area contributed by atoms with Gasteiger partial charge in [-0.3, -0.25) is 4.90 Å². The van der Waals surface area contributed by atoms with Gasteiger partial charge in [-0.25, -0.2) is 0 Å². The van der Waals surface area contributed by atoms with Gasteiger partial charge in [0.05, 0.1) is 13.2 Å². The molecule has 0 saturated carbocycles. The molecule has 3 nitrogen and oxygen atoms in total. The number of hydrogen-bond acceptors (Lipinski definition) is 3. The quantitative estimate of drug-likeness (QED) is 0.628. The third-order valence-electron chi connectivity index (χ3n) is 2.78. The monoisotopic (exact) mass is 170 g/mol. The predicted molar refractivity (Wildman–Crippen MR) is 48.2 cm³/mol. The SMILES string of the molecule is C1C[C@@H](CN2CCOCC2)CN1. The number of nitrogens with zero attached hydrogens (tertiary/aromatic N) is 1. The molecular formula is C9H18N2O. The first-order valence-electron chi connectivity index (χ1n) is 4.96. The van der Waals surface area contributed by atoms with Crippen LogP contribution in [0.2, 0.25) is 0 Å². The van der Waals surface area contributed by atoms with Crippen molar-refractivity contribution in [2.24, 2.45) is 5.92 Å². The molecule has 2 fully saturated rings. The van der Waals surface area contributed by atoms with Crippen LogP contribution in [0.25, 0.3) is 0 Å². The molecular weight excluding hydrogens is 152 g/mol. The molecule has 0 amide bonds. The maximum atomic E-state index is 5.31. The lowest BCUT2D eigenvalue weighted by atomic mass is 10.1. The Morgan fingerprint density at radius 1 is 1.33 bits per heavy atom. The molecule has 0 aliphatic carbocycles. The van der Waals surface area contributed by atoms with Crippen LogP contribution >= 0.6 is 0 Å². The van der Waals surface area contributed by atoms with Crippen molar-refractivity contribution in [1.82, 2.24) is 10.2 Å². The van der Waals surface area contributed by atoms with Gasteiger partial charge in [0.25, 0.3) is 0 Å². The molecule has 1 atom stereocenters. The Morgan fingerprint density at radius 2 is 2.17 bits per heavy atom. The average Bonchev–Trinajstić information content (AvgIpc) is 2.59. The van der Waals surface area contributed by atoms with Gasteiger partial charge in [-0.15, -0.1) is 0 Å². The summed E-state index contributed by atoms with van der Waals surface area (Å²) < 4.78 is 5.31. The summed E-state index contributed by atoms with van der Waals surface area (Å²) in [7, 11) is 0. The molecule has 70 valence electrons. The highest BCUT2D eigenvalue weighted by atomic mass is 16.5. The third kappa shape index (κ3) is 2.19. The van der Waals surface area contributed by atoms with Crippen molar-refractivity contribution in [3.8, 4) is 0 Å². The fraction of sp³-hybridized carbons (Fsp3) is 1.00. The van der Waals surface area contributed by atoms with Gasteiger partial charge in [0, 0.05) is 19.6 Å². The predicted octanol–water partition coefficient (Wildman–Crippen LogP) is -0.0719. The minimum absolute atomic E-state index is 0.892. The summed E-state index contributed by atoms with van der Waals surface area (Å²) in [5, 5.41) is 3.40. The molecule has 0 unspecified atom stereocenters. The van der Waals surface area contributed by atoms with E-state index >= 15 is 0 Å². The smallest absolute Gasteiger partial charge is 0.0594 e. The number of hydrogen-bond donors (Lipinski definition) is 1. The molecule has 3 heteroatoms. The molecule has 2 aliphatic heterocycles. The van der Waals surface area contributed by atoms with Gasteiger partial charge in [-0.2, -0.15) is 0 Å². The zero-order valence-corrected chi connectivity index (χ0v) is 7.59. The highest BCUT2D eigenvalue weighted by Crippen LogP contribution is 2.10. The fourth-order valence-electron chi connectivity index (χ4n) is 2.02. The first kappa shape index (κ1) is 8.48. The standard InChI is InChI=1S/C9H18N2O/c1-2-10-7-9(1)8-11-3-5-12-6-4-11/h9-10H,1-8H2/t9-/m1/s1. The van der Waals surface area contributed by atoms with Crippen LogP contribution < -0.4 is 5.32 Å². The summed E-state index contributed by atoms with van der Waals surface area (Å²) in [4.78, 5) is 2.53. The van der Waals surface area contributed by atoms with E-state index in [2.05, 4.69) is 10.2 Å². The summed E-state index contributed by atoms with van der Waals surface area (Å²) in [6.07, 6.45) is 1.36. The van der Waals surface area contributed by atoms with E-state index in [4.69, 9.17) is 4.74 Å². The number of morpholine rings is 1. The summed E-state index contributed by atoms with van der Waals surface area (Å²) in [5.41, 5.74) is 0. The molecule has 0 aromatic rings. The second kappa shape index (κ2) is 4.21. The van der Waals surface area contributed by atoms with Crippen LogP contribution in [0.4, 0.5) is 0 Å². The molecule has 12 heavy (non-hydrogen) atoms. The van der Waals surface area contributed by atoms with Crippen molar-refractivity contribution >= 4 is 0 Å². The van der Waals surface area contributed by atoms with Crippen molar-refractivity contribution in [1.29, 1.82) is 0 Å². The maximum absolute atomic E-state index is 5.31. The number of ether oxygens (including phenoxy) is 1. The molecule has 2 aliphatic rings.